The van der Waals surface area contributed by atoms with Gasteiger partial charge in [-0.15, -0.1) is 0 Å². The van der Waals surface area contributed by atoms with Crippen molar-refractivity contribution in [3.8, 4) is 0 Å². The van der Waals surface area contributed by atoms with Gasteiger partial charge < -0.3 is 0 Å². The molecule has 0 atom stereocenters. The topological polar surface area (TPSA) is 33.4 Å². The highest BCUT2D eigenvalue weighted by atomic mass is 79.9. The first-order chi connectivity index (χ1) is 10.6. The van der Waals surface area contributed by atoms with Crippen molar-refractivity contribution in [3.63, 3.8) is 0 Å². The second kappa shape index (κ2) is 6.58. The predicted octanol–water partition coefficient (Wildman–Crippen LogP) is 3.90. The van der Waals surface area contributed by atoms with Crippen LogP contribution in [0.15, 0.2) is 53.4 Å². The Hall–Kier alpha value is -1.72. The average molecular weight is 359 g/mol. The van der Waals surface area contributed by atoms with Crippen LogP contribution < -0.4 is 0 Å². The molecular weight excluding hydrogens is 340 g/mol. The molecule has 0 aliphatic carbocycles. The van der Waals surface area contributed by atoms with Gasteiger partial charge in [0.1, 0.15) is 4.60 Å². The van der Waals surface area contributed by atoms with Gasteiger partial charge >= 0.3 is 0 Å². The van der Waals surface area contributed by atoms with Gasteiger partial charge in [-0.2, -0.15) is 0 Å². The second-order valence-corrected chi connectivity index (χ2v) is 6.37. The van der Waals surface area contributed by atoms with E-state index in [0.29, 0.717) is 6.04 Å². The van der Waals surface area contributed by atoms with E-state index in [1.807, 2.05) is 22.7 Å². The number of imidazole rings is 1. The van der Waals surface area contributed by atoms with E-state index in [1.54, 1.807) is 6.20 Å². The molecule has 114 valence electrons. The van der Waals surface area contributed by atoms with Crippen LogP contribution in [0.4, 0.5) is 0 Å². The van der Waals surface area contributed by atoms with E-state index in [-0.39, 0.29) is 0 Å². The average Bonchev–Trinajstić information content (AvgIpc) is 2.84. The van der Waals surface area contributed by atoms with Crippen molar-refractivity contribution in [2.24, 2.45) is 0 Å². The molecular formula is C17H19BrN4. The second-order valence-electron chi connectivity index (χ2n) is 5.62. The first-order valence-electron chi connectivity index (χ1n) is 7.40. The Morgan fingerprint density at radius 3 is 2.59 bits per heavy atom. The Labute approximate surface area is 138 Å². The van der Waals surface area contributed by atoms with Crippen molar-refractivity contribution in [2.75, 3.05) is 0 Å². The molecule has 0 aliphatic rings. The fourth-order valence-electron chi connectivity index (χ4n) is 2.44. The fourth-order valence-corrected chi connectivity index (χ4v) is 2.93. The van der Waals surface area contributed by atoms with Crippen LogP contribution in [0.5, 0.6) is 0 Å². The maximum Gasteiger partial charge on any atom is 0.234 e. The van der Waals surface area contributed by atoms with Gasteiger partial charge in [0.2, 0.25) is 5.78 Å². The molecule has 0 fully saturated rings. The first-order valence-corrected chi connectivity index (χ1v) is 8.20. The van der Waals surface area contributed by atoms with Crippen molar-refractivity contribution in [3.05, 3.63) is 64.7 Å². The van der Waals surface area contributed by atoms with Gasteiger partial charge in [0, 0.05) is 31.5 Å². The number of hydrogen-bond donors (Lipinski definition) is 0. The molecule has 0 spiro atoms. The summed E-state index contributed by atoms with van der Waals surface area (Å²) in [6.07, 6.45) is 3.74. The Balaban J connectivity index is 1.85. The van der Waals surface area contributed by atoms with Crippen LogP contribution >= 0.6 is 15.9 Å². The lowest BCUT2D eigenvalue weighted by Gasteiger charge is -2.25. The zero-order valence-corrected chi connectivity index (χ0v) is 14.4. The van der Waals surface area contributed by atoms with E-state index in [4.69, 9.17) is 0 Å². The van der Waals surface area contributed by atoms with Gasteiger partial charge in [-0.05, 0) is 41.4 Å². The van der Waals surface area contributed by atoms with Gasteiger partial charge in [-0.1, -0.05) is 30.3 Å². The summed E-state index contributed by atoms with van der Waals surface area (Å²) >= 11 is 3.65. The van der Waals surface area contributed by atoms with Crippen molar-refractivity contribution in [2.45, 2.75) is 33.0 Å². The summed E-state index contributed by atoms with van der Waals surface area (Å²) in [4.78, 5) is 11.3. The normalized spacial score (nSPS) is 11.7. The minimum atomic E-state index is 0.435. The standard InChI is InChI=1S/C17H19BrN4/c1-13(2)21(11-14-7-4-3-5-8-14)12-15-16(18)22-10-6-9-19-17(22)20-15/h3-10,13H,11-12H2,1-2H3. The summed E-state index contributed by atoms with van der Waals surface area (Å²) < 4.78 is 2.95. The molecule has 0 saturated carbocycles. The third-order valence-corrected chi connectivity index (χ3v) is 4.56. The molecule has 0 aliphatic heterocycles. The number of benzene rings is 1. The summed E-state index contributed by atoms with van der Waals surface area (Å²) in [5.74, 6) is 0.729. The lowest BCUT2D eigenvalue weighted by atomic mass is 10.2. The van der Waals surface area contributed by atoms with E-state index >= 15 is 0 Å². The van der Waals surface area contributed by atoms with Crippen LogP contribution in [-0.4, -0.2) is 25.3 Å². The number of nitrogens with zero attached hydrogens (tertiary/aromatic N) is 4. The molecule has 2 aromatic heterocycles. The van der Waals surface area contributed by atoms with Crippen LogP contribution in [-0.2, 0) is 13.1 Å². The third-order valence-electron chi connectivity index (χ3n) is 3.72. The highest BCUT2D eigenvalue weighted by Crippen LogP contribution is 2.21. The maximum atomic E-state index is 4.64. The molecule has 0 bridgehead atoms. The van der Waals surface area contributed by atoms with Crippen molar-refractivity contribution in [1.29, 1.82) is 0 Å². The summed E-state index contributed by atoms with van der Waals surface area (Å²) in [5.41, 5.74) is 2.33. The Kier molecular flexibility index (Phi) is 4.55. The van der Waals surface area contributed by atoms with E-state index in [0.717, 1.165) is 29.2 Å². The summed E-state index contributed by atoms with van der Waals surface area (Å²) in [6.45, 7) is 6.12. The minimum Gasteiger partial charge on any atom is -0.291 e. The molecule has 2 heterocycles. The molecule has 0 amide bonds. The SMILES string of the molecule is CC(C)N(Cc1ccccc1)Cc1nc2ncccn2c1Br. The molecule has 1 aromatic carbocycles. The lowest BCUT2D eigenvalue weighted by molar-refractivity contribution is 0.201. The van der Waals surface area contributed by atoms with Gasteiger partial charge in [0.15, 0.2) is 0 Å². The van der Waals surface area contributed by atoms with Crippen LogP contribution in [0.25, 0.3) is 5.78 Å². The van der Waals surface area contributed by atoms with E-state index < -0.39 is 0 Å². The lowest BCUT2D eigenvalue weighted by Crippen LogP contribution is -2.30. The van der Waals surface area contributed by atoms with Gasteiger partial charge in [-0.25, -0.2) is 9.97 Å². The highest BCUT2D eigenvalue weighted by molar-refractivity contribution is 9.10. The monoisotopic (exact) mass is 358 g/mol. The molecule has 4 nitrogen and oxygen atoms in total. The van der Waals surface area contributed by atoms with Crippen molar-refractivity contribution >= 4 is 21.7 Å². The molecule has 0 unspecified atom stereocenters. The Bertz CT molecular complexity index is 752. The van der Waals surface area contributed by atoms with Gasteiger partial charge in [-0.3, -0.25) is 9.30 Å². The fraction of sp³-hybridized carbons (Fsp3) is 0.294. The third kappa shape index (κ3) is 3.20. The number of hydrogen-bond acceptors (Lipinski definition) is 3. The van der Waals surface area contributed by atoms with E-state index in [1.165, 1.54) is 5.56 Å². The van der Waals surface area contributed by atoms with Crippen LogP contribution in [0.1, 0.15) is 25.1 Å². The number of halogens is 1. The van der Waals surface area contributed by atoms with E-state index in [2.05, 4.69) is 68.9 Å². The van der Waals surface area contributed by atoms with Crippen LogP contribution in [0, 0.1) is 0 Å². The zero-order valence-electron chi connectivity index (χ0n) is 12.8. The molecule has 0 radical (unpaired) electrons. The zero-order chi connectivity index (χ0) is 15.5. The molecule has 3 aromatic rings. The number of aromatic nitrogens is 3. The Morgan fingerprint density at radius 1 is 1.14 bits per heavy atom. The van der Waals surface area contributed by atoms with Gasteiger partial charge in [0.05, 0.1) is 5.69 Å². The largest absolute Gasteiger partial charge is 0.291 e. The van der Waals surface area contributed by atoms with Crippen molar-refractivity contribution < 1.29 is 0 Å². The highest BCUT2D eigenvalue weighted by Gasteiger charge is 2.16. The van der Waals surface area contributed by atoms with Crippen LogP contribution in [0.3, 0.4) is 0 Å². The quantitative estimate of drug-likeness (QED) is 0.693. The minimum absolute atomic E-state index is 0.435. The summed E-state index contributed by atoms with van der Waals surface area (Å²) in [5, 5.41) is 0. The molecule has 22 heavy (non-hydrogen) atoms. The predicted molar refractivity (Wildman–Crippen MR) is 91.5 cm³/mol. The van der Waals surface area contributed by atoms with E-state index in [9.17, 15) is 0 Å². The Morgan fingerprint density at radius 2 is 1.91 bits per heavy atom. The molecule has 3 rings (SSSR count). The smallest absolute Gasteiger partial charge is 0.234 e. The molecule has 0 saturated heterocycles. The van der Waals surface area contributed by atoms with Crippen LogP contribution in [0.2, 0.25) is 0 Å². The van der Waals surface area contributed by atoms with Crippen molar-refractivity contribution in [1.82, 2.24) is 19.3 Å². The first kappa shape index (κ1) is 15.2. The maximum absolute atomic E-state index is 4.64. The van der Waals surface area contributed by atoms with Gasteiger partial charge in [0.25, 0.3) is 0 Å². The summed E-state index contributed by atoms with van der Waals surface area (Å²) in [7, 11) is 0. The number of fused-ring (bicyclic) bond motifs is 1. The number of rotatable bonds is 5. The molecule has 5 heteroatoms. The summed E-state index contributed by atoms with van der Waals surface area (Å²) in [6, 6.07) is 12.9. The molecule has 0 N–H and O–H groups in total.